The molecule has 0 saturated heterocycles. The van der Waals surface area contributed by atoms with Crippen molar-refractivity contribution in [3.63, 3.8) is 0 Å². The van der Waals surface area contributed by atoms with Crippen molar-refractivity contribution in [3.05, 3.63) is 96.1 Å². The lowest BCUT2D eigenvalue weighted by atomic mass is 10.2. The molecule has 5 rings (SSSR count). The summed E-state index contributed by atoms with van der Waals surface area (Å²) in [5.41, 5.74) is 3.67. The third-order valence-electron chi connectivity index (χ3n) is 5.74. The number of nitrogens with zero attached hydrogens (tertiary/aromatic N) is 3. The topological polar surface area (TPSA) is 95.3 Å². The van der Waals surface area contributed by atoms with Gasteiger partial charge in [-0.2, -0.15) is 0 Å². The molecule has 0 spiro atoms. The van der Waals surface area contributed by atoms with E-state index < -0.39 is 11.9 Å². The molecule has 37 heavy (non-hydrogen) atoms. The zero-order valence-corrected chi connectivity index (χ0v) is 20.3. The third kappa shape index (κ3) is 4.77. The fourth-order valence-electron chi connectivity index (χ4n) is 4.04. The standard InChI is InChI=1S/C29H24N4O4/c1-3-37-29(35)25-26-28(31-23-12-8-7-11-22(23)30-26)33(20-14-16-21(36-2)17-15-20)27(25)32-24(34)18-13-19-9-5-4-6-10-19/h4-18H,3H2,1-2H3,(H,32,34)/b18-13+. The highest BCUT2D eigenvalue weighted by atomic mass is 16.5. The van der Waals surface area contributed by atoms with Crippen molar-refractivity contribution in [2.75, 3.05) is 19.0 Å². The largest absolute Gasteiger partial charge is 0.497 e. The fourth-order valence-corrected chi connectivity index (χ4v) is 4.04. The Morgan fingerprint density at radius 3 is 2.27 bits per heavy atom. The Balaban J connectivity index is 1.73. The summed E-state index contributed by atoms with van der Waals surface area (Å²) < 4.78 is 12.4. The number of hydrogen-bond donors (Lipinski definition) is 1. The van der Waals surface area contributed by atoms with Crippen LogP contribution in [-0.2, 0) is 9.53 Å². The van der Waals surface area contributed by atoms with Gasteiger partial charge in [-0.3, -0.25) is 9.36 Å². The van der Waals surface area contributed by atoms with Gasteiger partial charge in [0.05, 0.1) is 24.8 Å². The first-order valence-corrected chi connectivity index (χ1v) is 11.8. The van der Waals surface area contributed by atoms with Gasteiger partial charge in [-0.15, -0.1) is 0 Å². The van der Waals surface area contributed by atoms with E-state index in [0.29, 0.717) is 33.6 Å². The van der Waals surface area contributed by atoms with Gasteiger partial charge >= 0.3 is 5.97 Å². The lowest BCUT2D eigenvalue weighted by Gasteiger charge is -2.12. The first-order valence-electron chi connectivity index (χ1n) is 11.8. The van der Waals surface area contributed by atoms with Crippen LogP contribution in [0.5, 0.6) is 5.75 Å². The highest BCUT2D eigenvalue weighted by molar-refractivity contribution is 6.13. The van der Waals surface area contributed by atoms with Crippen LogP contribution in [0.1, 0.15) is 22.8 Å². The van der Waals surface area contributed by atoms with Crippen LogP contribution in [0.15, 0.2) is 84.9 Å². The molecule has 0 aliphatic heterocycles. The summed E-state index contributed by atoms with van der Waals surface area (Å²) in [4.78, 5) is 35.9. The first kappa shape index (κ1) is 23.7. The van der Waals surface area contributed by atoms with Gasteiger partial charge in [-0.1, -0.05) is 42.5 Å². The van der Waals surface area contributed by atoms with E-state index in [2.05, 4.69) is 5.32 Å². The van der Waals surface area contributed by atoms with Crippen LogP contribution in [-0.4, -0.2) is 40.1 Å². The van der Waals surface area contributed by atoms with Gasteiger partial charge < -0.3 is 14.8 Å². The molecule has 3 aromatic carbocycles. The number of methoxy groups -OCH3 is 1. The summed E-state index contributed by atoms with van der Waals surface area (Å²) in [5, 5.41) is 2.88. The third-order valence-corrected chi connectivity index (χ3v) is 5.74. The molecule has 0 radical (unpaired) electrons. The monoisotopic (exact) mass is 492 g/mol. The van der Waals surface area contributed by atoms with Crippen LogP contribution in [0, 0.1) is 0 Å². The lowest BCUT2D eigenvalue weighted by molar-refractivity contribution is -0.111. The number of aromatic nitrogens is 3. The smallest absolute Gasteiger partial charge is 0.344 e. The minimum absolute atomic E-state index is 0.132. The van der Waals surface area contributed by atoms with Gasteiger partial charge in [-0.05, 0) is 55.0 Å². The molecule has 5 aromatic rings. The quantitative estimate of drug-likeness (QED) is 0.241. The second-order valence-corrected chi connectivity index (χ2v) is 8.10. The van der Waals surface area contributed by atoms with Gasteiger partial charge in [0.25, 0.3) is 0 Å². The van der Waals surface area contributed by atoms with E-state index in [9.17, 15) is 9.59 Å². The number of esters is 1. The molecule has 1 amide bonds. The van der Waals surface area contributed by atoms with Crippen LogP contribution >= 0.6 is 0 Å². The van der Waals surface area contributed by atoms with Crippen molar-refractivity contribution in [2.45, 2.75) is 6.92 Å². The molecule has 0 aliphatic carbocycles. The van der Waals surface area contributed by atoms with Gasteiger partial charge in [0.2, 0.25) is 5.91 Å². The van der Waals surface area contributed by atoms with Gasteiger partial charge in [0, 0.05) is 11.8 Å². The van der Waals surface area contributed by atoms with Crippen molar-refractivity contribution in [2.24, 2.45) is 0 Å². The van der Waals surface area contributed by atoms with Crippen molar-refractivity contribution in [1.29, 1.82) is 0 Å². The SMILES string of the molecule is CCOC(=O)c1c(NC(=O)/C=C/c2ccccc2)n(-c2ccc(OC)cc2)c2nc3ccccc3nc12. The summed E-state index contributed by atoms with van der Waals surface area (Å²) in [5.74, 6) is -0.140. The van der Waals surface area contributed by atoms with E-state index in [-0.39, 0.29) is 18.0 Å². The van der Waals surface area contributed by atoms with Gasteiger partial charge in [-0.25, -0.2) is 14.8 Å². The molecule has 184 valence electrons. The number of fused-ring (bicyclic) bond motifs is 2. The van der Waals surface area contributed by atoms with Crippen LogP contribution in [0.3, 0.4) is 0 Å². The van der Waals surface area contributed by atoms with Crippen LogP contribution < -0.4 is 10.1 Å². The number of amides is 1. The van der Waals surface area contributed by atoms with Crippen molar-refractivity contribution in [3.8, 4) is 11.4 Å². The molecule has 0 aliphatic rings. The Morgan fingerprint density at radius 2 is 1.59 bits per heavy atom. The van der Waals surface area contributed by atoms with E-state index >= 15 is 0 Å². The number of carbonyl (C=O) groups excluding carboxylic acids is 2. The van der Waals surface area contributed by atoms with E-state index in [0.717, 1.165) is 5.56 Å². The zero-order chi connectivity index (χ0) is 25.8. The number of benzene rings is 3. The maximum absolute atomic E-state index is 13.2. The summed E-state index contributed by atoms with van der Waals surface area (Å²) in [6.07, 6.45) is 3.11. The molecule has 0 saturated carbocycles. The van der Waals surface area contributed by atoms with Crippen LogP contribution in [0.25, 0.3) is 34.0 Å². The number of ether oxygens (including phenoxy) is 2. The van der Waals surface area contributed by atoms with Crippen molar-refractivity contribution in [1.82, 2.24) is 14.5 Å². The molecule has 0 fully saturated rings. The zero-order valence-electron chi connectivity index (χ0n) is 20.3. The Morgan fingerprint density at radius 1 is 0.919 bits per heavy atom. The maximum atomic E-state index is 13.2. The van der Waals surface area contributed by atoms with Crippen LogP contribution in [0.2, 0.25) is 0 Å². The highest BCUT2D eigenvalue weighted by Crippen LogP contribution is 2.34. The number of para-hydroxylation sites is 2. The molecule has 8 nitrogen and oxygen atoms in total. The fraction of sp³-hybridized carbons (Fsp3) is 0.103. The predicted octanol–water partition coefficient (Wildman–Crippen LogP) is 5.41. The first-order chi connectivity index (χ1) is 18.1. The number of anilines is 1. The molecule has 2 heterocycles. The minimum atomic E-state index is -0.605. The van der Waals surface area contributed by atoms with E-state index in [1.54, 1.807) is 36.8 Å². The number of carbonyl (C=O) groups is 2. The molecule has 0 atom stereocenters. The second-order valence-electron chi connectivity index (χ2n) is 8.10. The van der Waals surface area contributed by atoms with Gasteiger partial charge in [0.1, 0.15) is 22.6 Å². The summed E-state index contributed by atoms with van der Waals surface area (Å²) in [6, 6.07) is 24.1. The average Bonchev–Trinajstić information content (AvgIpc) is 3.23. The predicted molar refractivity (Wildman–Crippen MR) is 143 cm³/mol. The number of rotatable bonds is 7. The Labute approximate surface area is 213 Å². The Hall–Kier alpha value is -4.98. The summed E-state index contributed by atoms with van der Waals surface area (Å²) in [6.45, 7) is 1.89. The summed E-state index contributed by atoms with van der Waals surface area (Å²) >= 11 is 0. The number of hydrogen-bond acceptors (Lipinski definition) is 6. The van der Waals surface area contributed by atoms with E-state index in [1.165, 1.54) is 6.08 Å². The van der Waals surface area contributed by atoms with Gasteiger partial charge in [0.15, 0.2) is 5.65 Å². The van der Waals surface area contributed by atoms with E-state index in [4.69, 9.17) is 19.4 Å². The molecule has 0 unspecified atom stereocenters. The molecule has 0 bridgehead atoms. The lowest BCUT2D eigenvalue weighted by Crippen LogP contribution is -2.16. The van der Waals surface area contributed by atoms with Crippen LogP contribution in [0.4, 0.5) is 5.82 Å². The second kappa shape index (κ2) is 10.3. The molecular formula is C29H24N4O4. The maximum Gasteiger partial charge on any atom is 0.344 e. The molecular weight excluding hydrogens is 468 g/mol. The minimum Gasteiger partial charge on any atom is -0.497 e. The molecule has 1 N–H and O–H groups in total. The van der Waals surface area contributed by atoms with Crippen molar-refractivity contribution >= 4 is 46.0 Å². The van der Waals surface area contributed by atoms with E-state index in [1.807, 2.05) is 66.7 Å². The Kier molecular flexibility index (Phi) is 6.63. The average molecular weight is 493 g/mol. The Bertz CT molecular complexity index is 1620. The molecule has 2 aromatic heterocycles. The normalized spacial score (nSPS) is 11.2. The highest BCUT2D eigenvalue weighted by Gasteiger charge is 2.28. The summed E-state index contributed by atoms with van der Waals surface area (Å²) in [7, 11) is 1.58. The van der Waals surface area contributed by atoms with Crippen molar-refractivity contribution < 1.29 is 19.1 Å². The molecule has 8 heteroatoms. The number of nitrogens with one attached hydrogen (secondary N) is 1.